The number of ether oxygens (including phenoxy) is 1. The Balaban J connectivity index is 2.44. The van der Waals surface area contributed by atoms with E-state index in [-0.39, 0.29) is 5.70 Å². The third-order valence-electron chi connectivity index (χ3n) is 2.56. The molecule has 0 aliphatic carbocycles. The van der Waals surface area contributed by atoms with Crippen LogP contribution in [0.3, 0.4) is 0 Å². The van der Waals surface area contributed by atoms with E-state index < -0.39 is 17.8 Å². The molecule has 0 radical (unpaired) electrons. The molecule has 0 saturated carbocycles. The second-order valence-corrected chi connectivity index (χ2v) is 4.15. The van der Waals surface area contributed by atoms with Crippen molar-refractivity contribution in [2.75, 3.05) is 7.11 Å². The van der Waals surface area contributed by atoms with Gasteiger partial charge in [-0.1, -0.05) is 0 Å². The molecule has 0 atom stereocenters. The second kappa shape index (κ2) is 5.43. The SMILES string of the molecule is COC(=O)C(=Cc1cn(C)cn1)n1cnc(C(F)(F)F)c1. The predicted octanol–water partition coefficient (Wildman–Crippen LogP) is 1.81. The normalized spacial score (nSPS) is 12.5. The van der Waals surface area contributed by atoms with Crippen LogP contribution in [-0.2, 0) is 22.8 Å². The minimum Gasteiger partial charge on any atom is -0.464 e. The minimum atomic E-state index is -4.59. The minimum absolute atomic E-state index is 0.126. The summed E-state index contributed by atoms with van der Waals surface area (Å²) in [7, 11) is 2.86. The van der Waals surface area contributed by atoms with Gasteiger partial charge in [-0.25, -0.2) is 14.8 Å². The van der Waals surface area contributed by atoms with Crippen LogP contribution in [0.25, 0.3) is 11.8 Å². The molecular weight excluding hydrogens is 289 g/mol. The molecular formula is C12H11F3N4O2. The lowest BCUT2D eigenvalue weighted by Crippen LogP contribution is -2.10. The maximum Gasteiger partial charge on any atom is 0.434 e. The van der Waals surface area contributed by atoms with Crippen LogP contribution >= 0.6 is 0 Å². The molecule has 2 aromatic heterocycles. The van der Waals surface area contributed by atoms with Crippen LogP contribution in [0.15, 0.2) is 25.0 Å². The fourth-order valence-electron chi connectivity index (χ4n) is 1.59. The average Bonchev–Trinajstić information content (AvgIpc) is 3.03. The van der Waals surface area contributed by atoms with E-state index in [0.717, 1.165) is 18.0 Å². The van der Waals surface area contributed by atoms with Crippen molar-refractivity contribution in [1.29, 1.82) is 0 Å². The number of carbonyl (C=O) groups excluding carboxylic acids is 1. The monoisotopic (exact) mass is 300 g/mol. The molecule has 0 spiro atoms. The van der Waals surface area contributed by atoms with Crippen molar-refractivity contribution in [2.45, 2.75) is 6.18 Å². The summed E-state index contributed by atoms with van der Waals surface area (Å²) in [4.78, 5) is 18.9. The number of rotatable bonds is 3. The van der Waals surface area contributed by atoms with E-state index in [1.807, 2.05) is 0 Å². The number of esters is 1. The number of hydrogen-bond donors (Lipinski definition) is 0. The summed E-state index contributed by atoms with van der Waals surface area (Å²) in [5.41, 5.74) is -0.822. The molecule has 112 valence electrons. The van der Waals surface area contributed by atoms with Crippen LogP contribution in [0.4, 0.5) is 13.2 Å². The molecule has 6 nitrogen and oxygen atoms in total. The van der Waals surface area contributed by atoms with Gasteiger partial charge in [0.25, 0.3) is 0 Å². The van der Waals surface area contributed by atoms with Crippen LogP contribution in [0.2, 0.25) is 0 Å². The number of aromatic nitrogens is 4. The molecule has 21 heavy (non-hydrogen) atoms. The van der Waals surface area contributed by atoms with Crippen LogP contribution in [-0.4, -0.2) is 32.2 Å². The van der Waals surface area contributed by atoms with Crippen LogP contribution in [0, 0.1) is 0 Å². The Morgan fingerprint density at radius 2 is 2.00 bits per heavy atom. The van der Waals surface area contributed by atoms with Crippen LogP contribution in [0.1, 0.15) is 11.4 Å². The summed E-state index contributed by atoms with van der Waals surface area (Å²) in [6.45, 7) is 0. The lowest BCUT2D eigenvalue weighted by molar-refractivity contribution is -0.141. The molecule has 2 aromatic rings. The van der Waals surface area contributed by atoms with Crippen LogP contribution < -0.4 is 0 Å². The summed E-state index contributed by atoms with van der Waals surface area (Å²) in [5.74, 6) is -0.799. The van der Waals surface area contributed by atoms with E-state index in [1.165, 1.54) is 12.4 Å². The molecule has 0 saturated heterocycles. The standard InChI is InChI=1S/C12H11F3N4O2/c1-18-4-8(16-6-18)3-9(11(20)21-2)19-5-10(17-7-19)12(13,14)15/h3-7H,1-2H3. The highest BCUT2D eigenvalue weighted by Crippen LogP contribution is 2.28. The van der Waals surface area contributed by atoms with E-state index in [1.54, 1.807) is 17.8 Å². The van der Waals surface area contributed by atoms with Gasteiger partial charge >= 0.3 is 12.1 Å². The zero-order valence-corrected chi connectivity index (χ0v) is 11.1. The number of imidazole rings is 2. The highest BCUT2D eigenvalue weighted by molar-refractivity contribution is 6.15. The fraction of sp³-hybridized carbons (Fsp3) is 0.250. The summed E-state index contributed by atoms with van der Waals surface area (Å²) in [6.07, 6.45) is 1.44. The third-order valence-corrected chi connectivity index (χ3v) is 2.56. The zero-order chi connectivity index (χ0) is 15.6. The number of nitrogens with zero attached hydrogens (tertiary/aromatic N) is 4. The van der Waals surface area contributed by atoms with Crippen molar-refractivity contribution in [2.24, 2.45) is 7.05 Å². The van der Waals surface area contributed by atoms with Gasteiger partial charge in [-0.2, -0.15) is 13.2 Å². The van der Waals surface area contributed by atoms with E-state index in [4.69, 9.17) is 0 Å². The highest BCUT2D eigenvalue weighted by atomic mass is 19.4. The number of aryl methyl sites for hydroxylation is 1. The van der Waals surface area contributed by atoms with Gasteiger partial charge in [0, 0.05) is 19.4 Å². The third kappa shape index (κ3) is 3.30. The second-order valence-electron chi connectivity index (χ2n) is 4.15. The number of hydrogen-bond acceptors (Lipinski definition) is 4. The number of methoxy groups -OCH3 is 1. The Labute approximate surface area is 117 Å². The highest BCUT2D eigenvalue weighted by Gasteiger charge is 2.34. The van der Waals surface area contributed by atoms with Gasteiger partial charge in [-0.05, 0) is 6.08 Å². The number of alkyl halides is 3. The predicted molar refractivity (Wildman–Crippen MR) is 66.6 cm³/mol. The first kappa shape index (κ1) is 14.8. The Hall–Kier alpha value is -2.58. The smallest absolute Gasteiger partial charge is 0.434 e. The first-order valence-corrected chi connectivity index (χ1v) is 5.71. The number of carbonyl (C=O) groups is 1. The van der Waals surface area contributed by atoms with Gasteiger partial charge in [0.1, 0.15) is 12.0 Å². The summed E-state index contributed by atoms with van der Waals surface area (Å²) < 4.78 is 44.8. The Morgan fingerprint density at radius 3 is 2.48 bits per heavy atom. The van der Waals surface area contributed by atoms with E-state index >= 15 is 0 Å². The number of halogens is 3. The average molecular weight is 300 g/mol. The summed E-state index contributed by atoms with van der Waals surface area (Å²) >= 11 is 0. The van der Waals surface area contributed by atoms with Crippen molar-refractivity contribution < 1.29 is 22.7 Å². The van der Waals surface area contributed by atoms with Crippen molar-refractivity contribution >= 4 is 17.7 Å². The van der Waals surface area contributed by atoms with Crippen molar-refractivity contribution in [3.05, 3.63) is 36.4 Å². The molecule has 0 aliphatic heterocycles. The molecule has 2 heterocycles. The summed E-state index contributed by atoms with van der Waals surface area (Å²) in [5, 5.41) is 0. The van der Waals surface area contributed by atoms with E-state index in [9.17, 15) is 18.0 Å². The fourth-order valence-corrected chi connectivity index (χ4v) is 1.59. The summed E-state index contributed by atoms with van der Waals surface area (Å²) in [6, 6.07) is 0. The molecule has 2 rings (SSSR count). The molecule has 0 fully saturated rings. The zero-order valence-electron chi connectivity index (χ0n) is 11.1. The van der Waals surface area contributed by atoms with Gasteiger partial charge in [-0.15, -0.1) is 0 Å². The molecule has 0 N–H and O–H groups in total. The van der Waals surface area contributed by atoms with E-state index in [2.05, 4.69) is 14.7 Å². The van der Waals surface area contributed by atoms with Gasteiger partial charge in [-0.3, -0.25) is 4.57 Å². The molecule has 0 aromatic carbocycles. The Bertz CT molecular complexity index is 685. The first-order chi connectivity index (χ1) is 9.81. The molecule has 0 bridgehead atoms. The van der Waals surface area contributed by atoms with Gasteiger partial charge in [0.2, 0.25) is 0 Å². The van der Waals surface area contributed by atoms with Gasteiger partial charge < -0.3 is 9.30 Å². The largest absolute Gasteiger partial charge is 0.464 e. The molecule has 0 unspecified atom stereocenters. The maximum absolute atomic E-state index is 12.6. The van der Waals surface area contributed by atoms with E-state index in [0.29, 0.717) is 11.9 Å². The Kier molecular flexibility index (Phi) is 3.83. The molecule has 9 heteroatoms. The van der Waals surface area contributed by atoms with Gasteiger partial charge in [0.15, 0.2) is 5.69 Å². The van der Waals surface area contributed by atoms with Crippen LogP contribution in [0.5, 0.6) is 0 Å². The lowest BCUT2D eigenvalue weighted by atomic mass is 10.3. The topological polar surface area (TPSA) is 61.9 Å². The first-order valence-electron chi connectivity index (χ1n) is 5.71. The molecule has 0 amide bonds. The van der Waals surface area contributed by atoms with Crippen molar-refractivity contribution in [3.8, 4) is 0 Å². The van der Waals surface area contributed by atoms with Gasteiger partial charge in [0.05, 0.1) is 19.1 Å². The maximum atomic E-state index is 12.6. The van der Waals surface area contributed by atoms with Crippen molar-refractivity contribution in [3.63, 3.8) is 0 Å². The Morgan fingerprint density at radius 1 is 1.29 bits per heavy atom. The lowest BCUT2D eigenvalue weighted by Gasteiger charge is -2.05. The quantitative estimate of drug-likeness (QED) is 0.640. The molecule has 0 aliphatic rings. The van der Waals surface area contributed by atoms with Crippen molar-refractivity contribution in [1.82, 2.24) is 19.1 Å².